The van der Waals surface area contributed by atoms with Gasteiger partial charge in [0.15, 0.2) is 0 Å². The van der Waals surface area contributed by atoms with E-state index in [1.54, 1.807) is 0 Å². The van der Waals surface area contributed by atoms with Crippen molar-refractivity contribution in [2.75, 3.05) is 13.2 Å². The van der Waals surface area contributed by atoms with E-state index in [2.05, 4.69) is 44.3 Å². The summed E-state index contributed by atoms with van der Waals surface area (Å²) in [7, 11) is 0. The Morgan fingerprint density at radius 2 is 2.21 bits per heavy atom. The highest BCUT2D eigenvalue weighted by molar-refractivity contribution is 5.41. The number of fused-ring (bicyclic) bond motifs is 1. The van der Waals surface area contributed by atoms with Crippen molar-refractivity contribution in [3.05, 3.63) is 29.3 Å². The number of hydrogen-bond donors (Lipinski definition) is 1. The minimum Gasteiger partial charge on any atom is -0.493 e. The number of hydrogen-bond acceptors (Lipinski definition) is 2. The van der Waals surface area contributed by atoms with Crippen LogP contribution < -0.4 is 10.1 Å². The Balaban J connectivity index is 2.27. The van der Waals surface area contributed by atoms with Gasteiger partial charge in [-0.3, -0.25) is 0 Å². The fraction of sp³-hybridized carbons (Fsp3) is 0.647. The van der Waals surface area contributed by atoms with Gasteiger partial charge in [-0.2, -0.15) is 0 Å². The summed E-state index contributed by atoms with van der Waals surface area (Å²) in [5.74, 6) is 1.71. The van der Waals surface area contributed by atoms with Crippen molar-refractivity contribution >= 4 is 0 Å². The van der Waals surface area contributed by atoms with Crippen molar-refractivity contribution in [2.24, 2.45) is 0 Å². The first kappa shape index (κ1) is 14.4. The molecule has 0 aliphatic carbocycles. The van der Waals surface area contributed by atoms with Crippen LogP contribution in [-0.2, 0) is 0 Å². The van der Waals surface area contributed by atoms with Crippen molar-refractivity contribution in [2.45, 2.75) is 58.4 Å². The minimum atomic E-state index is 0.460. The first-order valence-electron chi connectivity index (χ1n) is 7.76. The van der Waals surface area contributed by atoms with Crippen LogP contribution in [0.2, 0.25) is 0 Å². The molecule has 1 aliphatic rings. The van der Waals surface area contributed by atoms with Crippen molar-refractivity contribution in [1.29, 1.82) is 0 Å². The van der Waals surface area contributed by atoms with Gasteiger partial charge >= 0.3 is 0 Å². The number of ether oxygens (including phenoxy) is 1. The molecule has 2 rings (SSSR count). The maximum Gasteiger partial charge on any atom is 0.124 e. The summed E-state index contributed by atoms with van der Waals surface area (Å²) in [5, 5.41) is 3.67. The van der Waals surface area contributed by atoms with Crippen molar-refractivity contribution in [3.8, 4) is 5.75 Å². The number of rotatable bonds is 5. The Kier molecular flexibility index (Phi) is 5.26. The molecule has 0 bridgehead atoms. The summed E-state index contributed by atoms with van der Waals surface area (Å²) in [4.78, 5) is 0. The smallest absolute Gasteiger partial charge is 0.124 e. The third-order valence-corrected chi connectivity index (χ3v) is 4.13. The van der Waals surface area contributed by atoms with E-state index < -0.39 is 0 Å². The molecule has 2 atom stereocenters. The zero-order chi connectivity index (χ0) is 13.7. The summed E-state index contributed by atoms with van der Waals surface area (Å²) < 4.78 is 5.89. The molecule has 2 nitrogen and oxygen atoms in total. The predicted molar refractivity (Wildman–Crippen MR) is 80.9 cm³/mol. The normalized spacial score (nSPS) is 20.3. The topological polar surface area (TPSA) is 21.3 Å². The third-order valence-electron chi connectivity index (χ3n) is 4.13. The molecule has 0 aromatic heterocycles. The van der Waals surface area contributed by atoms with Gasteiger partial charge in [-0.1, -0.05) is 32.9 Å². The molecule has 19 heavy (non-hydrogen) atoms. The van der Waals surface area contributed by atoms with Gasteiger partial charge < -0.3 is 10.1 Å². The molecule has 106 valence electrons. The van der Waals surface area contributed by atoms with E-state index in [1.165, 1.54) is 30.4 Å². The second kappa shape index (κ2) is 6.95. The van der Waals surface area contributed by atoms with Crippen LogP contribution >= 0.6 is 0 Å². The highest BCUT2D eigenvalue weighted by Gasteiger charge is 2.20. The summed E-state index contributed by atoms with van der Waals surface area (Å²) in [6.07, 6.45) is 4.68. The van der Waals surface area contributed by atoms with Gasteiger partial charge in [0, 0.05) is 11.6 Å². The van der Waals surface area contributed by atoms with Crippen LogP contribution in [0.4, 0.5) is 0 Å². The van der Waals surface area contributed by atoms with E-state index in [4.69, 9.17) is 4.74 Å². The largest absolute Gasteiger partial charge is 0.493 e. The molecule has 0 saturated heterocycles. The lowest BCUT2D eigenvalue weighted by atomic mass is 9.93. The molecular formula is C17H27NO. The molecule has 0 spiro atoms. The van der Waals surface area contributed by atoms with Gasteiger partial charge in [-0.25, -0.2) is 0 Å². The van der Waals surface area contributed by atoms with Crippen LogP contribution in [0.25, 0.3) is 0 Å². The quantitative estimate of drug-likeness (QED) is 0.847. The molecular weight excluding hydrogens is 234 g/mol. The van der Waals surface area contributed by atoms with Crippen LogP contribution in [0.5, 0.6) is 5.75 Å². The van der Waals surface area contributed by atoms with Gasteiger partial charge in [-0.15, -0.1) is 0 Å². The van der Waals surface area contributed by atoms with E-state index in [-0.39, 0.29) is 0 Å². The fourth-order valence-electron chi connectivity index (χ4n) is 2.67. The molecule has 2 heteroatoms. The van der Waals surface area contributed by atoms with Crippen LogP contribution in [-0.4, -0.2) is 13.2 Å². The average molecular weight is 261 g/mol. The summed E-state index contributed by atoms with van der Waals surface area (Å²) in [6, 6.07) is 7.22. The molecule has 1 aliphatic heterocycles. The van der Waals surface area contributed by atoms with Crippen LogP contribution in [0, 0.1) is 0 Å². The predicted octanol–water partition coefficient (Wildman–Crippen LogP) is 4.41. The van der Waals surface area contributed by atoms with Crippen molar-refractivity contribution < 1.29 is 4.74 Å². The molecule has 0 amide bonds. The standard InChI is InChI=1S/C17H27NO/c1-4-10-18-16-7-6-11-19-17-9-8-14(12-15(16)17)13(3)5-2/h8-9,12-13,16,18H,4-7,10-11H2,1-3H3. The van der Waals surface area contributed by atoms with E-state index in [0.717, 1.165) is 25.3 Å². The van der Waals surface area contributed by atoms with Crippen molar-refractivity contribution in [3.63, 3.8) is 0 Å². The van der Waals surface area contributed by atoms with Gasteiger partial charge in [0.05, 0.1) is 6.61 Å². The number of benzene rings is 1. The second-order valence-electron chi connectivity index (χ2n) is 5.60. The number of nitrogens with one attached hydrogen (secondary N) is 1. The maximum absolute atomic E-state index is 5.89. The summed E-state index contributed by atoms with van der Waals surface area (Å²) in [6.45, 7) is 8.70. The van der Waals surface area contributed by atoms with E-state index >= 15 is 0 Å². The van der Waals surface area contributed by atoms with Crippen molar-refractivity contribution in [1.82, 2.24) is 5.32 Å². The highest BCUT2D eigenvalue weighted by Crippen LogP contribution is 2.34. The first-order valence-corrected chi connectivity index (χ1v) is 7.76. The van der Waals surface area contributed by atoms with Gasteiger partial charge in [-0.05, 0) is 49.8 Å². The fourth-order valence-corrected chi connectivity index (χ4v) is 2.67. The Labute approximate surface area is 117 Å². The molecule has 1 heterocycles. The van der Waals surface area contributed by atoms with E-state index in [9.17, 15) is 0 Å². The average Bonchev–Trinajstić information content (AvgIpc) is 2.65. The summed E-state index contributed by atoms with van der Waals surface area (Å²) >= 11 is 0. The van der Waals surface area contributed by atoms with Crippen LogP contribution in [0.3, 0.4) is 0 Å². The molecule has 1 aromatic rings. The molecule has 1 N–H and O–H groups in total. The zero-order valence-electron chi connectivity index (χ0n) is 12.5. The summed E-state index contributed by atoms with van der Waals surface area (Å²) in [5.41, 5.74) is 2.80. The van der Waals surface area contributed by atoms with E-state index in [1.807, 2.05) is 0 Å². The monoisotopic (exact) mass is 261 g/mol. The lowest BCUT2D eigenvalue weighted by Crippen LogP contribution is -2.21. The first-order chi connectivity index (χ1) is 9.26. The molecule has 0 radical (unpaired) electrons. The Morgan fingerprint density at radius 3 is 2.95 bits per heavy atom. The molecule has 0 saturated carbocycles. The van der Waals surface area contributed by atoms with E-state index in [0.29, 0.717) is 12.0 Å². The Hall–Kier alpha value is -1.02. The maximum atomic E-state index is 5.89. The highest BCUT2D eigenvalue weighted by atomic mass is 16.5. The minimum absolute atomic E-state index is 0.460. The Bertz CT molecular complexity index is 402. The molecule has 1 aromatic carbocycles. The zero-order valence-corrected chi connectivity index (χ0v) is 12.5. The molecule has 0 fully saturated rings. The van der Waals surface area contributed by atoms with Gasteiger partial charge in [0.25, 0.3) is 0 Å². The lowest BCUT2D eigenvalue weighted by molar-refractivity contribution is 0.315. The SMILES string of the molecule is CCCNC1CCCOc2ccc(C(C)CC)cc21. The Morgan fingerprint density at radius 1 is 1.37 bits per heavy atom. The van der Waals surface area contributed by atoms with Crippen LogP contribution in [0.15, 0.2) is 18.2 Å². The van der Waals surface area contributed by atoms with Gasteiger partial charge in [0.1, 0.15) is 5.75 Å². The van der Waals surface area contributed by atoms with Gasteiger partial charge in [0.2, 0.25) is 0 Å². The van der Waals surface area contributed by atoms with Crippen LogP contribution in [0.1, 0.15) is 69.5 Å². The third kappa shape index (κ3) is 3.50. The second-order valence-corrected chi connectivity index (χ2v) is 5.60. The molecule has 2 unspecified atom stereocenters. The lowest BCUT2D eigenvalue weighted by Gasteiger charge is -2.20.